The summed E-state index contributed by atoms with van der Waals surface area (Å²) >= 11 is 0. The molecule has 8 nitrogen and oxygen atoms in total. The van der Waals surface area contributed by atoms with Crippen molar-refractivity contribution in [1.82, 2.24) is 5.32 Å². The summed E-state index contributed by atoms with van der Waals surface area (Å²) in [6, 6.07) is 18.1. The van der Waals surface area contributed by atoms with Crippen molar-refractivity contribution in [2.24, 2.45) is 0 Å². The number of amides is 1. The molecule has 3 aromatic rings. The maximum atomic E-state index is 14.5. The Morgan fingerprint density at radius 3 is 2.30 bits per heavy atom. The second-order valence-corrected chi connectivity index (χ2v) is 10.00. The first-order valence-electron chi connectivity index (χ1n) is 11.5. The summed E-state index contributed by atoms with van der Waals surface area (Å²) in [5.41, 5.74) is 1.10. The number of anilines is 1. The van der Waals surface area contributed by atoms with E-state index < -0.39 is 26.7 Å². The average molecular weight is 527 g/mol. The van der Waals surface area contributed by atoms with Crippen molar-refractivity contribution in [2.45, 2.75) is 13.5 Å². The van der Waals surface area contributed by atoms with Crippen molar-refractivity contribution in [3.05, 3.63) is 88.6 Å². The Morgan fingerprint density at radius 1 is 0.973 bits per heavy atom. The zero-order chi connectivity index (χ0) is 26.6. The lowest BCUT2D eigenvalue weighted by Crippen LogP contribution is -2.41. The van der Waals surface area contributed by atoms with Crippen LogP contribution in [0, 0.1) is 5.82 Å². The van der Waals surface area contributed by atoms with E-state index in [-0.39, 0.29) is 36.5 Å². The number of para-hydroxylation sites is 1. The summed E-state index contributed by atoms with van der Waals surface area (Å²) in [5, 5.41) is 2.63. The number of nitrogens with zero attached hydrogens (tertiary/aromatic N) is 1. The summed E-state index contributed by atoms with van der Waals surface area (Å²) in [7, 11) is -1.49. The summed E-state index contributed by atoms with van der Waals surface area (Å²) in [6.45, 7) is 1.45. The van der Waals surface area contributed by atoms with Crippen molar-refractivity contribution < 1.29 is 31.8 Å². The van der Waals surface area contributed by atoms with Crippen molar-refractivity contribution in [2.75, 3.05) is 31.7 Å². The third-order valence-electron chi connectivity index (χ3n) is 5.94. The van der Waals surface area contributed by atoms with Gasteiger partial charge in [-0.05, 0) is 36.8 Å². The quantitative estimate of drug-likeness (QED) is 0.422. The summed E-state index contributed by atoms with van der Waals surface area (Å²) < 4.78 is 59.6. The lowest BCUT2D eigenvalue weighted by Gasteiger charge is -2.33. The molecule has 4 rings (SSSR count). The number of rotatable bonds is 9. The molecule has 1 N–H and O–H groups in total. The maximum Gasteiger partial charge on any atom is 0.270 e. The summed E-state index contributed by atoms with van der Waals surface area (Å²) in [6.07, 6.45) is 0. The molecule has 0 fully saturated rings. The predicted molar refractivity (Wildman–Crippen MR) is 139 cm³/mol. The van der Waals surface area contributed by atoms with E-state index >= 15 is 0 Å². The number of halogens is 1. The fraction of sp³-hybridized carbons (Fsp3) is 0.222. The Hall–Kier alpha value is -4.05. The minimum absolute atomic E-state index is 0.0755. The summed E-state index contributed by atoms with van der Waals surface area (Å²) in [4.78, 5) is 12.8. The van der Waals surface area contributed by atoms with Gasteiger partial charge in [-0.1, -0.05) is 36.4 Å². The van der Waals surface area contributed by atoms with Gasteiger partial charge in [0.15, 0.2) is 16.4 Å². The number of hydrogen-bond acceptors (Lipinski definition) is 6. The van der Waals surface area contributed by atoms with E-state index in [1.165, 1.54) is 38.5 Å². The zero-order valence-electron chi connectivity index (χ0n) is 20.7. The van der Waals surface area contributed by atoms with E-state index in [0.717, 1.165) is 4.31 Å². The second-order valence-electron chi connectivity index (χ2n) is 8.20. The highest BCUT2D eigenvalue weighted by atomic mass is 32.2. The number of nitrogens with one attached hydrogen (secondary N) is 1. The molecule has 0 unspecified atom stereocenters. The third-order valence-corrected chi connectivity index (χ3v) is 7.85. The fourth-order valence-electron chi connectivity index (χ4n) is 4.10. The Kier molecular flexibility index (Phi) is 7.68. The molecule has 0 radical (unpaired) electrons. The number of benzene rings is 3. The van der Waals surface area contributed by atoms with Gasteiger partial charge in [0.25, 0.3) is 15.9 Å². The maximum absolute atomic E-state index is 14.5. The van der Waals surface area contributed by atoms with Crippen LogP contribution in [0.5, 0.6) is 17.2 Å². The normalized spacial score (nSPS) is 14.1. The standard InChI is InChI=1S/C27H27FN2O6S/c1-18-21-15-24(34-2)25(35-3)16-23(21)30(17-19-9-7-8-12-22(19)28)37(32,33)26(18)27(31)29-13-14-36-20-10-5-4-6-11-20/h4-12,15-16H,13-14,17H2,1-3H3,(H,29,31). The number of allylic oxidation sites excluding steroid dienone is 1. The van der Waals surface area contributed by atoms with Gasteiger partial charge in [-0.25, -0.2) is 12.8 Å². The minimum Gasteiger partial charge on any atom is -0.493 e. The van der Waals surface area contributed by atoms with Crippen molar-refractivity contribution in [1.29, 1.82) is 0 Å². The number of sulfonamides is 1. The van der Waals surface area contributed by atoms with E-state index in [2.05, 4.69) is 5.32 Å². The van der Waals surface area contributed by atoms with Gasteiger partial charge in [0, 0.05) is 17.2 Å². The van der Waals surface area contributed by atoms with Crippen LogP contribution in [0.2, 0.25) is 0 Å². The number of hydrogen-bond donors (Lipinski definition) is 1. The molecule has 1 amide bonds. The minimum atomic E-state index is -4.38. The van der Waals surface area contributed by atoms with Gasteiger partial charge < -0.3 is 19.5 Å². The molecule has 37 heavy (non-hydrogen) atoms. The topological polar surface area (TPSA) is 94.2 Å². The van der Waals surface area contributed by atoms with Gasteiger partial charge in [0.2, 0.25) is 0 Å². The SMILES string of the molecule is COc1cc2c(cc1OC)N(Cc1ccccc1F)S(=O)(=O)C(C(=O)NCCOc1ccccc1)=C2C. The molecule has 0 atom stereocenters. The Labute approximate surface area is 215 Å². The van der Waals surface area contributed by atoms with E-state index in [1.807, 2.05) is 18.2 Å². The lowest BCUT2D eigenvalue weighted by molar-refractivity contribution is -0.116. The second kappa shape index (κ2) is 10.9. The summed E-state index contributed by atoms with van der Waals surface area (Å²) in [5.74, 6) is -0.0536. The molecule has 0 saturated carbocycles. The largest absolute Gasteiger partial charge is 0.493 e. The lowest BCUT2D eigenvalue weighted by atomic mass is 10.0. The molecule has 0 saturated heterocycles. The van der Waals surface area contributed by atoms with Crippen molar-refractivity contribution in [3.8, 4) is 17.2 Å². The van der Waals surface area contributed by atoms with Crippen LogP contribution in [0.3, 0.4) is 0 Å². The monoisotopic (exact) mass is 526 g/mol. The number of ether oxygens (including phenoxy) is 3. The number of methoxy groups -OCH3 is 2. The van der Waals surface area contributed by atoms with E-state index in [9.17, 15) is 17.6 Å². The van der Waals surface area contributed by atoms with Crippen LogP contribution in [0.25, 0.3) is 5.57 Å². The zero-order valence-corrected chi connectivity index (χ0v) is 21.5. The fourth-order valence-corrected chi connectivity index (χ4v) is 5.84. The molecule has 1 aliphatic rings. The molecule has 1 heterocycles. The van der Waals surface area contributed by atoms with Crippen LogP contribution in [0.15, 0.2) is 71.6 Å². The molecule has 0 aliphatic carbocycles. The number of carbonyl (C=O) groups excluding carboxylic acids is 1. The van der Waals surface area contributed by atoms with Crippen LogP contribution >= 0.6 is 0 Å². The molecule has 194 valence electrons. The van der Waals surface area contributed by atoms with E-state index in [1.54, 1.807) is 31.2 Å². The predicted octanol–water partition coefficient (Wildman–Crippen LogP) is 4.12. The molecule has 10 heteroatoms. The van der Waals surface area contributed by atoms with Gasteiger partial charge >= 0.3 is 0 Å². The molecule has 0 spiro atoms. The first-order chi connectivity index (χ1) is 17.8. The van der Waals surface area contributed by atoms with Crippen LogP contribution in [-0.4, -0.2) is 41.7 Å². The van der Waals surface area contributed by atoms with Crippen LogP contribution < -0.4 is 23.8 Å². The van der Waals surface area contributed by atoms with Crippen LogP contribution in [-0.2, 0) is 21.4 Å². The van der Waals surface area contributed by atoms with Crippen LogP contribution in [0.1, 0.15) is 18.1 Å². The van der Waals surface area contributed by atoms with Gasteiger partial charge in [-0.15, -0.1) is 0 Å². The van der Waals surface area contributed by atoms with E-state index in [4.69, 9.17) is 14.2 Å². The molecule has 0 aromatic heterocycles. The average Bonchev–Trinajstić information content (AvgIpc) is 2.89. The highest BCUT2D eigenvalue weighted by Crippen LogP contribution is 2.45. The smallest absolute Gasteiger partial charge is 0.270 e. The molecule has 3 aromatic carbocycles. The van der Waals surface area contributed by atoms with Gasteiger partial charge in [0.1, 0.15) is 18.2 Å². The molecule has 1 aliphatic heterocycles. The first-order valence-corrected chi connectivity index (χ1v) is 12.9. The molecular weight excluding hydrogens is 499 g/mol. The Morgan fingerprint density at radius 2 is 1.62 bits per heavy atom. The molecular formula is C27H27FN2O6S. The van der Waals surface area contributed by atoms with Crippen molar-refractivity contribution in [3.63, 3.8) is 0 Å². The van der Waals surface area contributed by atoms with E-state index in [0.29, 0.717) is 22.8 Å². The van der Waals surface area contributed by atoms with Gasteiger partial charge in [-0.2, -0.15) is 0 Å². The Balaban J connectivity index is 1.71. The Bertz CT molecular complexity index is 1440. The molecule has 0 bridgehead atoms. The highest BCUT2D eigenvalue weighted by Gasteiger charge is 2.40. The highest BCUT2D eigenvalue weighted by molar-refractivity contribution is 7.97. The first kappa shape index (κ1) is 26.0. The van der Waals surface area contributed by atoms with Crippen molar-refractivity contribution >= 4 is 27.2 Å². The third kappa shape index (κ3) is 5.24. The number of carbonyl (C=O) groups is 1. The number of fused-ring (bicyclic) bond motifs is 1. The van der Waals surface area contributed by atoms with Crippen LogP contribution in [0.4, 0.5) is 10.1 Å². The van der Waals surface area contributed by atoms with Gasteiger partial charge in [0.05, 0.1) is 33.0 Å². The van der Waals surface area contributed by atoms with Gasteiger partial charge in [-0.3, -0.25) is 9.10 Å².